The Morgan fingerprint density at radius 3 is 2.55 bits per heavy atom. The third-order valence-corrected chi connectivity index (χ3v) is 4.75. The van der Waals surface area contributed by atoms with Crippen molar-refractivity contribution in [2.75, 3.05) is 18.4 Å². The number of nitrogens with zero attached hydrogens (tertiary/aromatic N) is 2. The van der Waals surface area contributed by atoms with Crippen molar-refractivity contribution in [2.45, 2.75) is 40.0 Å². The molecule has 0 aliphatic heterocycles. The van der Waals surface area contributed by atoms with Gasteiger partial charge < -0.3 is 10.2 Å². The first-order chi connectivity index (χ1) is 9.51. The Bertz CT molecular complexity index is 489. The maximum atomic E-state index is 12.1. The van der Waals surface area contributed by atoms with E-state index >= 15 is 0 Å². The molecule has 1 aliphatic rings. The molecule has 1 heterocycles. The normalized spacial score (nSPS) is 14.8. The van der Waals surface area contributed by atoms with Crippen LogP contribution in [0.4, 0.5) is 5.13 Å². The van der Waals surface area contributed by atoms with E-state index in [0.717, 1.165) is 29.8 Å². The van der Waals surface area contributed by atoms with Crippen LogP contribution in [0.1, 0.15) is 36.8 Å². The summed E-state index contributed by atoms with van der Waals surface area (Å²) in [6.45, 7) is 6.48. The van der Waals surface area contributed by atoms with Crippen LogP contribution >= 0.6 is 11.3 Å². The number of amides is 2. The van der Waals surface area contributed by atoms with Gasteiger partial charge in [0, 0.05) is 17.3 Å². The molecule has 0 saturated heterocycles. The molecular weight excluding hydrogens is 274 g/mol. The predicted molar refractivity (Wildman–Crippen MR) is 79.8 cm³/mol. The van der Waals surface area contributed by atoms with Crippen molar-refractivity contribution in [1.29, 1.82) is 0 Å². The van der Waals surface area contributed by atoms with Gasteiger partial charge in [-0.3, -0.25) is 9.59 Å². The number of rotatable bonds is 5. The number of thiazole rings is 1. The number of aromatic nitrogens is 1. The van der Waals surface area contributed by atoms with Crippen LogP contribution in [0.3, 0.4) is 0 Å². The number of anilines is 1. The van der Waals surface area contributed by atoms with Crippen LogP contribution in [0.15, 0.2) is 0 Å². The number of carbonyl (C=O) groups excluding carboxylic acids is 2. The van der Waals surface area contributed by atoms with E-state index in [4.69, 9.17) is 0 Å². The molecule has 1 aromatic rings. The zero-order valence-corrected chi connectivity index (χ0v) is 13.0. The van der Waals surface area contributed by atoms with Gasteiger partial charge >= 0.3 is 0 Å². The summed E-state index contributed by atoms with van der Waals surface area (Å²) >= 11 is 1.46. The molecule has 20 heavy (non-hydrogen) atoms. The zero-order chi connectivity index (χ0) is 14.7. The van der Waals surface area contributed by atoms with Gasteiger partial charge in [-0.2, -0.15) is 0 Å². The maximum Gasteiger partial charge on any atom is 0.245 e. The monoisotopic (exact) mass is 295 g/mol. The van der Waals surface area contributed by atoms with Crippen molar-refractivity contribution in [3.05, 3.63) is 10.6 Å². The van der Waals surface area contributed by atoms with E-state index in [9.17, 15) is 9.59 Å². The van der Waals surface area contributed by atoms with Gasteiger partial charge in [-0.15, -0.1) is 11.3 Å². The third-order valence-electron chi connectivity index (χ3n) is 3.76. The average molecular weight is 295 g/mol. The molecule has 1 fully saturated rings. The van der Waals surface area contributed by atoms with Crippen LogP contribution < -0.4 is 5.32 Å². The van der Waals surface area contributed by atoms with Gasteiger partial charge in [0.05, 0.1) is 12.2 Å². The second-order valence-corrected chi connectivity index (χ2v) is 6.39. The number of hydrogen-bond acceptors (Lipinski definition) is 4. The summed E-state index contributed by atoms with van der Waals surface area (Å²) < 4.78 is 0. The Morgan fingerprint density at radius 1 is 1.40 bits per heavy atom. The van der Waals surface area contributed by atoms with Gasteiger partial charge in [0.1, 0.15) is 0 Å². The van der Waals surface area contributed by atoms with E-state index in [0.29, 0.717) is 11.7 Å². The first kappa shape index (κ1) is 15.0. The summed E-state index contributed by atoms with van der Waals surface area (Å²) in [4.78, 5) is 31.1. The molecule has 0 atom stereocenters. The quantitative estimate of drug-likeness (QED) is 0.907. The molecule has 110 valence electrons. The van der Waals surface area contributed by atoms with E-state index in [1.165, 1.54) is 11.3 Å². The highest BCUT2D eigenvalue weighted by Crippen LogP contribution is 2.28. The highest BCUT2D eigenvalue weighted by molar-refractivity contribution is 7.15. The zero-order valence-electron chi connectivity index (χ0n) is 12.2. The minimum atomic E-state index is -0.173. The first-order valence-corrected chi connectivity index (χ1v) is 7.85. The lowest BCUT2D eigenvalue weighted by molar-refractivity contribution is -0.140. The molecule has 0 aromatic carbocycles. The summed E-state index contributed by atoms with van der Waals surface area (Å²) in [5.41, 5.74) is 0.934. The molecule has 2 amide bonds. The molecule has 6 heteroatoms. The van der Waals surface area contributed by atoms with E-state index in [2.05, 4.69) is 10.3 Å². The van der Waals surface area contributed by atoms with Crippen LogP contribution in [0.25, 0.3) is 0 Å². The van der Waals surface area contributed by atoms with Gasteiger partial charge in [-0.25, -0.2) is 4.98 Å². The fourth-order valence-corrected chi connectivity index (χ4v) is 2.95. The van der Waals surface area contributed by atoms with Gasteiger partial charge in [-0.05, 0) is 33.6 Å². The molecule has 2 rings (SSSR count). The summed E-state index contributed by atoms with van der Waals surface area (Å²) in [6.07, 6.45) is 3.04. The van der Waals surface area contributed by atoms with Gasteiger partial charge in [0.2, 0.25) is 11.8 Å². The number of nitrogens with one attached hydrogen (secondary N) is 1. The Morgan fingerprint density at radius 2 is 2.10 bits per heavy atom. The molecule has 0 bridgehead atoms. The van der Waals surface area contributed by atoms with Crippen molar-refractivity contribution < 1.29 is 9.59 Å². The lowest BCUT2D eigenvalue weighted by Gasteiger charge is -2.30. The molecular formula is C14H21N3O2S. The van der Waals surface area contributed by atoms with Gasteiger partial charge in [-0.1, -0.05) is 6.42 Å². The van der Waals surface area contributed by atoms with E-state index in [-0.39, 0.29) is 24.3 Å². The third kappa shape index (κ3) is 3.36. The van der Waals surface area contributed by atoms with Crippen molar-refractivity contribution in [3.63, 3.8) is 0 Å². The fourth-order valence-electron chi connectivity index (χ4n) is 2.12. The number of aryl methyl sites for hydroxylation is 2. The molecule has 1 aromatic heterocycles. The fraction of sp³-hybridized carbons (Fsp3) is 0.643. The lowest BCUT2D eigenvalue weighted by atomic mass is 9.84. The lowest BCUT2D eigenvalue weighted by Crippen LogP contribution is -2.42. The Hall–Kier alpha value is -1.43. The molecule has 1 N–H and O–H groups in total. The van der Waals surface area contributed by atoms with E-state index in [1.54, 1.807) is 4.90 Å². The molecule has 5 nitrogen and oxygen atoms in total. The van der Waals surface area contributed by atoms with Crippen LogP contribution in [-0.4, -0.2) is 34.8 Å². The number of carbonyl (C=O) groups is 2. The summed E-state index contributed by atoms with van der Waals surface area (Å²) in [5, 5.41) is 3.38. The topological polar surface area (TPSA) is 62.3 Å². The Kier molecular flexibility index (Phi) is 4.75. The van der Waals surface area contributed by atoms with Gasteiger partial charge in [0.15, 0.2) is 5.13 Å². The number of likely N-dealkylation sites (N-methyl/N-ethyl adjacent to an activating group) is 1. The summed E-state index contributed by atoms with van der Waals surface area (Å²) in [6, 6.07) is 0. The smallest absolute Gasteiger partial charge is 0.245 e. The van der Waals surface area contributed by atoms with Crippen LogP contribution in [0.2, 0.25) is 0 Å². The molecule has 1 saturated carbocycles. The Balaban J connectivity index is 1.90. The van der Waals surface area contributed by atoms with Gasteiger partial charge in [0.25, 0.3) is 0 Å². The van der Waals surface area contributed by atoms with Crippen molar-refractivity contribution in [1.82, 2.24) is 9.88 Å². The maximum absolute atomic E-state index is 12.1. The SMILES string of the molecule is CCN(CC(=O)Nc1nc(C)c(C)s1)C(=O)C1CCC1. The molecule has 0 spiro atoms. The molecule has 1 aliphatic carbocycles. The molecule has 0 unspecified atom stereocenters. The molecule has 0 radical (unpaired) electrons. The van der Waals surface area contributed by atoms with Crippen molar-refractivity contribution >= 4 is 28.3 Å². The van der Waals surface area contributed by atoms with E-state index in [1.807, 2.05) is 20.8 Å². The Labute approximate surface area is 123 Å². The summed E-state index contributed by atoms with van der Waals surface area (Å²) in [7, 11) is 0. The first-order valence-electron chi connectivity index (χ1n) is 7.04. The van der Waals surface area contributed by atoms with Crippen LogP contribution in [0.5, 0.6) is 0 Å². The number of hydrogen-bond donors (Lipinski definition) is 1. The minimum absolute atomic E-state index is 0.111. The highest BCUT2D eigenvalue weighted by Gasteiger charge is 2.29. The minimum Gasteiger partial charge on any atom is -0.333 e. The van der Waals surface area contributed by atoms with E-state index < -0.39 is 0 Å². The standard InChI is InChI=1S/C14H21N3O2S/c1-4-17(13(19)11-6-5-7-11)8-12(18)16-14-15-9(2)10(3)20-14/h11H,4-8H2,1-3H3,(H,15,16,18). The van der Waals surface area contributed by atoms with Crippen LogP contribution in [0, 0.1) is 19.8 Å². The van der Waals surface area contributed by atoms with Crippen LogP contribution in [-0.2, 0) is 9.59 Å². The summed E-state index contributed by atoms with van der Waals surface area (Å²) in [5.74, 6) is 0.0702. The second-order valence-electron chi connectivity index (χ2n) is 5.19. The highest BCUT2D eigenvalue weighted by atomic mass is 32.1. The predicted octanol–water partition coefficient (Wildman–Crippen LogP) is 2.35. The largest absolute Gasteiger partial charge is 0.333 e. The average Bonchev–Trinajstić information content (AvgIpc) is 2.62. The van der Waals surface area contributed by atoms with Crippen molar-refractivity contribution in [3.8, 4) is 0 Å². The van der Waals surface area contributed by atoms with Crippen molar-refractivity contribution in [2.24, 2.45) is 5.92 Å². The second kappa shape index (κ2) is 6.35.